The summed E-state index contributed by atoms with van der Waals surface area (Å²) in [6.07, 6.45) is 11.2. The molecule has 2 unspecified atom stereocenters. The van der Waals surface area contributed by atoms with Crippen molar-refractivity contribution in [1.82, 2.24) is 15.0 Å². The Labute approximate surface area is 193 Å². The summed E-state index contributed by atoms with van der Waals surface area (Å²) in [7, 11) is 0. The zero-order chi connectivity index (χ0) is 22.2. The average Bonchev–Trinajstić information content (AvgIpc) is 3.24. The van der Waals surface area contributed by atoms with Crippen molar-refractivity contribution in [3.05, 3.63) is 94.1 Å². The molecule has 2 aliphatic rings. The Morgan fingerprint density at radius 3 is 2.64 bits per heavy atom. The first-order valence-electron chi connectivity index (χ1n) is 10.8. The van der Waals surface area contributed by atoms with Crippen molar-refractivity contribution in [3.63, 3.8) is 0 Å². The van der Waals surface area contributed by atoms with E-state index < -0.39 is 0 Å². The number of allylic oxidation sites excluding steroid dienone is 1. The molecule has 8 heteroatoms. The molecule has 0 bridgehead atoms. The van der Waals surface area contributed by atoms with Crippen molar-refractivity contribution >= 4 is 44.5 Å². The van der Waals surface area contributed by atoms with E-state index in [-0.39, 0.29) is 16.8 Å². The van der Waals surface area contributed by atoms with Crippen molar-refractivity contribution in [2.24, 2.45) is 15.9 Å². The number of aliphatic imine (C=N–C) groups is 2. The van der Waals surface area contributed by atoms with Gasteiger partial charge in [0.1, 0.15) is 5.84 Å². The maximum atomic E-state index is 11.7. The van der Waals surface area contributed by atoms with Crippen LogP contribution < -0.4 is 10.2 Å². The van der Waals surface area contributed by atoms with Crippen molar-refractivity contribution in [2.75, 3.05) is 5.32 Å². The highest BCUT2D eigenvalue weighted by atomic mass is 32.1. The van der Waals surface area contributed by atoms with Crippen LogP contribution in [0.25, 0.3) is 15.8 Å². The third-order valence-electron chi connectivity index (χ3n) is 6.02. The molecule has 0 radical (unpaired) electrons. The maximum Gasteiger partial charge on any atom is 0.305 e. The molecule has 2 N–H and O–H groups in total. The van der Waals surface area contributed by atoms with E-state index in [9.17, 15) is 4.79 Å². The molecule has 4 aromatic rings. The minimum atomic E-state index is -0.0539. The molecule has 1 aliphatic carbocycles. The summed E-state index contributed by atoms with van der Waals surface area (Å²) in [4.78, 5) is 33.0. The van der Waals surface area contributed by atoms with Crippen molar-refractivity contribution in [1.29, 1.82) is 0 Å². The predicted molar refractivity (Wildman–Crippen MR) is 133 cm³/mol. The number of H-pyrrole nitrogens is 1. The number of aromatic amines is 1. The van der Waals surface area contributed by atoms with Gasteiger partial charge < -0.3 is 10.3 Å². The lowest BCUT2D eigenvalue weighted by atomic mass is 9.81. The van der Waals surface area contributed by atoms with E-state index in [4.69, 9.17) is 9.98 Å². The SMILES string of the molecule is O=c1[nH]c2ccc(NC3=NC(c4cccnc4)=NC4CC=C(c5cccnc5)CC34)cc2s1. The molecular formula is C25H20N6OS. The Bertz CT molecular complexity index is 1470. The number of hydrogen-bond acceptors (Lipinski definition) is 7. The highest BCUT2D eigenvalue weighted by Gasteiger charge is 2.34. The largest absolute Gasteiger partial charge is 0.343 e. The molecule has 0 saturated carbocycles. The van der Waals surface area contributed by atoms with Crippen molar-refractivity contribution in [3.8, 4) is 0 Å². The standard InChI is InChI=1S/C25H20N6OS/c32-25-30-21-8-6-18(12-22(21)33-25)28-24-19-11-15(16-3-1-9-26-13-16)5-7-20(19)29-23(31-24)17-4-2-10-27-14-17/h1-6,8-10,12-14,19-20H,7,11H2,(H,30,32)(H,28,29,31). The number of nitrogens with zero attached hydrogens (tertiary/aromatic N) is 4. The molecule has 3 aromatic heterocycles. The van der Waals surface area contributed by atoms with Gasteiger partial charge in [0.05, 0.1) is 16.3 Å². The van der Waals surface area contributed by atoms with Gasteiger partial charge in [0.2, 0.25) is 0 Å². The number of aromatic nitrogens is 3. The number of rotatable bonds is 3. The van der Waals surface area contributed by atoms with Gasteiger partial charge in [0.25, 0.3) is 0 Å². The van der Waals surface area contributed by atoms with Crippen LogP contribution in [0.15, 0.2) is 88.1 Å². The summed E-state index contributed by atoms with van der Waals surface area (Å²) >= 11 is 1.21. The Hall–Kier alpha value is -3.91. The Kier molecular flexibility index (Phi) is 4.92. The zero-order valence-electron chi connectivity index (χ0n) is 17.6. The van der Waals surface area contributed by atoms with Gasteiger partial charge in [-0.15, -0.1) is 0 Å². The lowest BCUT2D eigenvalue weighted by molar-refractivity contribution is 0.521. The smallest absolute Gasteiger partial charge is 0.305 e. The summed E-state index contributed by atoms with van der Waals surface area (Å²) in [6, 6.07) is 13.9. The van der Waals surface area contributed by atoms with Crippen LogP contribution in [0, 0.1) is 5.92 Å². The number of pyridine rings is 2. The van der Waals surface area contributed by atoms with Gasteiger partial charge in [0, 0.05) is 42.0 Å². The van der Waals surface area contributed by atoms with Crippen LogP contribution in [0.2, 0.25) is 0 Å². The molecule has 7 nitrogen and oxygen atoms in total. The fourth-order valence-electron chi connectivity index (χ4n) is 4.40. The van der Waals surface area contributed by atoms with E-state index in [2.05, 4.69) is 32.4 Å². The monoisotopic (exact) mass is 452 g/mol. The van der Waals surface area contributed by atoms with Gasteiger partial charge in [-0.1, -0.05) is 23.5 Å². The van der Waals surface area contributed by atoms with Crippen LogP contribution >= 0.6 is 11.3 Å². The van der Waals surface area contributed by atoms with E-state index in [1.807, 2.05) is 42.6 Å². The minimum absolute atomic E-state index is 0.0539. The Balaban J connectivity index is 1.38. The summed E-state index contributed by atoms with van der Waals surface area (Å²) in [5.41, 5.74) is 5.04. The topological polar surface area (TPSA) is 95.4 Å². The second kappa shape index (κ2) is 8.22. The van der Waals surface area contributed by atoms with Crippen LogP contribution in [-0.4, -0.2) is 32.7 Å². The lowest BCUT2D eigenvalue weighted by Gasteiger charge is -2.33. The second-order valence-corrected chi connectivity index (χ2v) is 9.14. The van der Waals surface area contributed by atoms with Gasteiger partial charge in [-0.2, -0.15) is 0 Å². The number of fused-ring (bicyclic) bond motifs is 2. The summed E-state index contributed by atoms with van der Waals surface area (Å²) < 4.78 is 0.915. The zero-order valence-corrected chi connectivity index (χ0v) is 18.4. The molecule has 1 aliphatic heterocycles. The van der Waals surface area contributed by atoms with E-state index in [0.29, 0.717) is 5.84 Å². The van der Waals surface area contributed by atoms with Crippen LogP contribution in [-0.2, 0) is 0 Å². The summed E-state index contributed by atoms with van der Waals surface area (Å²) in [5, 5.41) is 3.55. The first-order valence-corrected chi connectivity index (χ1v) is 11.6. The Morgan fingerprint density at radius 2 is 1.85 bits per heavy atom. The fraction of sp³-hybridized carbons (Fsp3) is 0.160. The average molecular weight is 453 g/mol. The third-order valence-corrected chi connectivity index (χ3v) is 6.87. The van der Waals surface area contributed by atoms with Gasteiger partial charge in [-0.05, 0) is 60.4 Å². The second-order valence-electron chi connectivity index (χ2n) is 8.13. The normalized spacial score (nSPS) is 19.9. The molecule has 33 heavy (non-hydrogen) atoms. The van der Waals surface area contributed by atoms with E-state index in [1.165, 1.54) is 16.9 Å². The molecular weight excluding hydrogens is 432 g/mol. The Morgan fingerprint density at radius 1 is 1.03 bits per heavy atom. The van der Waals surface area contributed by atoms with Crippen molar-refractivity contribution in [2.45, 2.75) is 18.9 Å². The number of benzene rings is 1. The van der Waals surface area contributed by atoms with E-state index in [1.54, 1.807) is 18.6 Å². The number of nitrogens with one attached hydrogen (secondary N) is 2. The number of hydrogen-bond donors (Lipinski definition) is 2. The highest BCUT2D eigenvalue weighted by molar-refractivity contribution is 7.16. The van der Waals surface area contributed by atoms with Gasteiger partial charge in [-0.3, -0.25) is 19.8 Å². The number of thiazole rings is 1. The molecule has 162 valence electrons. The van der Waals surface area contributed by atoms with Crippen LogP contribution in [0.1, 0.15) is 24.0 Å². The molecule has 0 saturated heterocycles. The highest BCUT2D eigenvalue weighted by Crippen LogP contribution is 2.36. The van der Waals surface area contributed by atoms with E-state index in [0.717, 1.165) is 45.7 Å². The van der Waals surface area contributed by atoms with E-state index >= 15 is 0 Å². The van der Waals surface area contributed by atoms with Crippen molar-refractivity contribution < 1.29 is 0 Å². The number of amidine groups is 2. The molecule has 0 amide bonds. The van der Waals surface area contributed by atoms with Crippen LogP contribution in [0.4, 0.5) is 5.69 Å². The van der Waals surface area contributed by atoms with Crippen LogP contribution in [0.5, 0.6) is 0 Å². The molecule has 6 rings (SSSR count). The van der Waals surface area contributed by atoms with Crippen LogP contribution in [0.3, 0.4) is 0 Å². The minimum Gasteiger partial charge on any atom is -0.343 e. The molecule has 4 heterocycles. The van der Waals surface area contributed by atoms with Gasteiger partial charge in [0.15, 0.2) is 5.84 Å². The quantitative estimate of drug-likeness (QED) is 0.478. The summed E-state index contributed by atoms with van der Waals surface area (Å²) in [6.45, 7) is 0. The molecule has 2 atom stereocenters. The molecule has 1 aromatic carbocycles. The third kappa shape index (κ3) is 3.89. The predicted octanol–water partition coefficient (Wildman–Crippen LogP) is 4.51. The maximum absolute atomic E-state index is 11.7. The lowest BCUT2D eigenvalue weighted by Crippen LogP contribution is -2.38. The summed E-state index contributed by atoms with van der Waals surface area (Å²) in [5.74, 6) is 1.69. The number of anilines is 1. The first-order chi connectivity index (χ1) is 16.2. The fourth-order valence-corrected chi connectivity index (χ4v) is 5.18. The molecule has 0 fully saturated rings. The first kappa shape index (κ1) is 19.8. The van der Waals surface area contributed by atoms with Gasteiger partial charge >= 0.3 is 4.87 Å². The van der Waals surface area contributed by atoms with Gasteiger partial charge in [-0.25, -0.2) is 4.99 Å². The molecule has 0 spiro atoms.